The molecule has 0 fully saturated rings. The summed E-state index contributed by atoms with van der Waals surface area (Å²) in [5.74, 6) is 1.73. The van der Waals surface area contributed by atoms with E-state index in [0.29, 0.717) is 0 Å². The van der Waals surface area contributed by atoms with Crippen LogP contribution in [0.5, 0.6) is 0 Å². The Balaban J connectivity index is 0.000000138. The predicted molar refractivity (Wildman–Crippen MR) is 326 cm³/mol. The second-order valence-corrected chi connectivity index (χ2v) is 19.8. The van der Waals surface area contributed by atoms with E-state index in [1.54, 1.807) is 0 Å². The predicted octanol–water partition coefficient (Wildman–Crippen LogP) is 17.1. The standard InChI is InChI=1S/C36H24N4.C35H23N5/c1-2-12-28(13-3-1)40-35-20-9-6-17-32(35)38-36(40)27-21-26(23-37-24-27)25-11-10-14-29(22-25)39-33-18-7-4-15-30(33)31-16-5-8-19-34(31)39;1-2-10-27(11-3-1)40-34-17-9-6-14-31(34)38-35(40)26-18-24(20-36-22-26)25-19-28(23-37-21-25)39-32-15-7-4-12-29(32)30-13-5-8-16-33(30)39/h1-24H;1-23H. The van der Waals surface area contributed by atoms with Gasteiger partial charge in [0, 0.05) is 97.4 Å². The topological polar surface area (TPSA) is 84.2 Å². The van der Waals surface area contributed by atoms with Crippen molar-refractivity contribution >= 4 is 65.7 Å². The number of aromatic nitrogens is 9. The molecule has 0 radical (unpaired) electrons. The van der Waals surface area contributed by atoms with Gasteiger partial charge in [-0.1, -0.05) is 146 Å². The number of benzene rings is 9. The molecule has 0 aliphatic rings. The summed E-state index contributed by atoms with van der Waals surface area (Å²) in [6.07, 6.45) is 11.4. The third-order valence-corrected chi connectivity index (χ3v) is 15.1. The minimum Gasteiger partial charge on any atom is -0.309 e. The largest absolute Gasteiger partial charge is 0.309 e. The van der Waals surface area contributed by atoms with Crippen LogP contribution >= 0.6 is 0 Å². The molecule has 9 nitrogen and oxygen atoms in total. The third-order valence-electron chi connectivity index (χ3n) is 15.1. The van der Waals surface area contributed by atoms with E-state index in [4.69, 9.17) is 9.97 Å². The molecule has 16 rings (SSSR count). The van der Waals surface area contributed by atoms with Gasteiger partial charge in [0.05, 0.1) is 56.0 Å². The molecular weight excluding hydrogens is 979 g/mol. The fourth-order valence-electron chi connectivity index (χ4n) is 11.5. The first-order chi connectivity index (χ1) is 39.7. The number of imidazole rings is 2. The van der Waals surface area contributed by atoms with Crippen molar-refractivity contribution in [2.75, 3.05) is 0 Å². The first kappa shape index (κ1) is 46.3. The number of pyridine rings is 3. The molecule has 0 atom stereocenters. The number of fused-ring (bicyclic) bond motifs is 8. The van der Waals surface area contributed by atoms with E-state index in [1.165, 1.54) is 32.6 Å². The lowest BCUT2D eigenvalue weighted by molar-refractivity contribution is 1.10. The lowest BCUT2D eigenvalue weighted by Crippen LogP contribution is -1.98. The molecule has 0 bridgehead atoms. The maximum absolute atomic E-state index is 5.04. The van der Waals surface area contributed by atoms with Crippen LogP contribution in [0.3, 0.4) is 0 Å². The van der Waals surface area contributed by atoms with E-state index in [2.05, 4.69) is 239 Å². The van der Waals surface area contributed by atoms with Crippen LogP contribution in [0.25, 0.3) is 133 Å². The molecule has 9 heteroatoms. The molecule has 7 aromatic heterocycles. The van der Waals surface area contributed by atoms with Crippen molar-refractivity contribution in [2.45, 2.75) is 0 Å². The summed E-state index contributed by atoms with van der Waals surface area (Å²) in [6.45, 7) is 0. The van der Waals surface area contributed by atoms with Crippen molar-refractivity contribution in [2.24, 2.45) is 0 Å². The second kappa shape index (κ2) is 19.5. The Morgan fingerprint density at radius 1 is 0.212 bits per heavy atom. The van der Waals surface area contributed by atoms with Crippen LogP contribution in [-0.2, 0) is 0 Å². The Morgan fingerprint density at radius 3 is 1.02 bits per heavy atom. The van der Waals surface area contributed by atoms with Crippen molar-refractivity contribution < 1.29 is 0 Å². The zero-order chi connectivity index (χ0) is 52.9. The summed E-state index contributed by atoms with van der Waals surface area (Å²) in [5.41, 5.74) is 19.1. The molecule has 0 saturated carbocycles. The molecule has 0 amide bonds. The highest BCUT2D eigenvalue weighted by molar-refractivity contribution is 6.10. The lowest BCUT2D eigenvalue weighted by Gasteiger charge is -2.12. The molecule has 0 saturated heterocycles. The Labute approximate surface area is 460 Å². The van der Waals surface area contributed by atoms with E-state index in [9.17, 15) is 0 Å². The molecule has 9 aromatic carbocycles. The SMILES string of the molecule is c1ccc(-n2c(-c3cncc(-c4cccc(-n5c6ccccc6c6ccccc65)c4)c3)nc3ccccc32)cc1.c1ccc(-n2c(-c3cncc(-c4cncc(-n5c6ccccc6c6ccccc65)c4)c3)nc3ccccc32)cc1. The van der Waals surface area contributed by atoms with Gasteiger partial charge in [0.2, 0.25) is 0 Å². The van der Waals surface area contributed by atoms with Crippen LogP contribution in [0, 0.1) is 0 Å². The zero-order valence-corrected chi connectivity index (χ0v) is 43.2. The summed E-state index contributed by atoms with van der Waals surface area (Å²) in [6, 6.07) is 86.7. The zero-order valence-electron chi connectivity index (χ0n) is 43.2. The summed E-state index contributed by atoms with van der Waals surface area (Å²) in [4.78, 5) is 24.0. The average molecular weight is 1030 g/mol. The lowest BCUT2D eigenvalue weighted by atomic mass is 10.0. The van der Waals surface area contributed by atoms with Gasteiger partial charge < -0.3 is 9.13 Å². The maximum atomic E-state index is 5.04. The Hall–Kier alpha value is -11.0. The summed E-state index contributed by atoms with van der Waals surface area (Å²) < 4.78 is 9.04. The molecule has 16 aromatic rings. The van der Waals surface area contributed by atoms with Crippen LogP contribution in [0.4, 0.5) is 0 Å². The summed E-state index contributed by atoms with van der Waals surface area (Å²) in [5, 5.41) is 4.97. The maximum Gasteiger partial charge on any atom is 0.147 e. The number of nitrogens with zero attached hydrogens (tertiary/aromatic N) is 9. The fraction of sp³-hybridized carbons (Fsp3) is 0. The van der Waals surface area contributed by atoms with Crippen molar-refractivity contribution in [1.29, 1.82) is 0 Å². The number of rotatable bonds is 8. The van der Waals surface area contributed by atoms with E-state index in [1.807, 2.05) is 79.6 Å². The summed E-state index contributed by atoms with van der Waals surface area (Å²) >= 11 is 0. The molecule has 0 aliphatic heterocycles. The molecular formula is C71H47N9. The van der Waals surface area contributed by atoms with Gasteiger partial charge >= 0.3 is 0 Å². The van der Waals surface area contributed by atoms with Crippen molar-refractivity contribution in [3.63, 3.8) is 0 Å². The van der Waals surface area contributed by atoms with Crippen molar-refractivity contribution in [3.8, 4) is 67.8 Å². The molecule has 0 N–H and O–H groups in total. The molecule has 376 valence electrons. The summed E-state index contributed by atoms with van der Waals surface area (Å²) in [7, 11) is 0. The third kappa shape index (κ3) is 7.99. The Morgan fingerprint density at radius 2 is 0.550 bits per heavy atom. The molecule has 0 spiro atoms. The van der Waals surface area contributed by atoms with Gasteiger partial charge in [-0.2, -0.15) is 0 Å². The number of hydrogen-bond acceptors (Lipinski definition) is 5. The average Bonchev–Trinajstić information content (AvgIpc) is 4.34. The molecule has 0 aliphatic carbocycles. The van der Waals surface area contributed by atoms with Gasteiger partial charge in [0.15, 0.2) is 0 Å². The Bertz CT molecular complexity index is 4550. The highest BCUT2D eigenvalue weighted by atomic mass is 15.1. The van der Waals surface area contributed by atoms with E-state index < -0.39 is 0 Å². The monoisotopic (exact) mass is 1030 g/mol. The van der Waals surface area contributed by atoms with Gasteiger partial charge in [-0.05, 0) is 109 Å². The molecule has 7 heterocycles. The normalized spacial score (nSPS) is 11.5. The van der Waals surface area contributed by atoms with Gasteiger partial charge in [-0.15, -0.1) is 0 Å². The van der Waals surface area contributed by atoms with Crippen LogP contribution in [0.2, 0.25) is 0 Å². The van der Waals surface area contributed by atoms with Gasteiger partial charge in [-0.25, -0.2) is 9.97 Å². The fourth-order valence-corrected chi connectivity index (χ4v) is 11.5. The van der Waals surface area contributed by atoms with Crippen LogP contribution < -0.4 is 0 Å². The smallest absolute Gasteiger partial charge is 0.147 e. The highest BCUT2D eigenvalue weighted by Crippen LogP contribution is 2.37. The number of para-hydroxylation sites is 10. The quantitative estimate of drug-likeness (QED) is 0.151. The van der Waals surface area contributed by atoms with Crippen molar-refractivity contribution in [3.05, 3.63) is 286 Å². The van der Waals surface area contributed by atoms with Crippen LogP contribution in [0.1, 0.15) is 0 Å². The highest BCUT2D eigenvalue weighted by Gasteiger charge is 2.19. The first-order valence-corrected chi connectivity index (χ1v) is 26.7. The van der Waals surface area contributed by atoms with Gasteiger partial charge in [-0.3, -0.25) is 24.1 Å². The minimum atomic E-state index is 0.855. The number of hydrogen-bond donors (Lipinski definition) is 0. The second-order valence-electron chi connectivity index (χ2n) is 19.8. The van der Waals surface area contributed by atoms with E-state index in [-0.39, 0.29) is 0 Å². The van der Waals surface area contributed by atoms with Gasteiger partial charge in [0.1, 0.15) is 11.6 Å². The van der Waals surface area contributed by atoms with Gasteiger partial charge in [0.25, 0.3) is 0 Å². The van der Waals surface area contributed by atoms with E-state index >= 15 is 0 Å². The van der Waals surface area contributed by atoms with E-state index in [0.717, 1.165) is 101 Å². The molecule has 0 unspecified atom stereocenters. The van der Waals surface area contributed by atoms with Crippen LogP contribution in [0.15, 0.2) is 286 Å². The molecule has 80 heavy (non-hydrogen) atoms. The first-order valence-electron chi connectivity index (χ1n) is 26.7. The van der Waals surface area contributed by atoms with Crippen LogP contribution in [-0.4, -0.2) is 43.2 Å². The Kier molecular flexibility index (Phi) is 11.3. The minimum absolute atomic E-state index is 0.855. The van der Waals surface area contributed by atoms with Crippen molar-refractivity contribution in [1.82, 2.24) is 43.2 Å².